The average Bonchev–Trinajstić information content (AvgIpc) is 2.73. The fourth-order valence-corrected chi connectivity index (χ4v) is 1.29. The average molecular weight is 256 g/mol. The largest absolute Gasteiger partial charge is 0.480 e. The van der Waals surface area contributed by atoms with Crippen molar-refractivity contribution in [2.75, 3.05) is 11.9 Å². The number of hydrogen-bond donors (Lipinski definition) is 2. The molecule has 2 N–H and O–H groups in total. The summed E-state index contributed by atoms with van der Waals surface area (Å²) in [4.78, 5) is 26.1. The van der Waals surface area contributed by atoms with Crippen LogP contribution in [0.5, 0.6) is 0 Å². The molecular weight excluding hydrogens is 240 g/mol. The van der Waals surface area contributed by atoms with Gasteiger partial charge >= 0.3 is 11.9 Å². The van der Waals surface area contributed by atoms with Crippen LogP contribution >= 0.6 is 0 Å². The maximum absolute atomic E-state index is 11.3. The second kappa shape index (κ2) is 6.04. The normalized spacial score (nSPS) is 12.2. The van der Waals surface area contributed by atoms with Crippen LogP contribution in [0.1, 0.15) is 31.3 Å². The summed E-state index contributed by atoms with van der Waals surface area (Å²) >= 11 is 0. The second-order valence-corrected chi connectivity index (χ2v) is 3.96. The molecule has 0 aromatic carbocycles. The van der Waals surface area contributed by atoms with Gasteiger partial charge in [-0.25, -0.2) is 9.59 Å². The van der Waals surface area contributed by atoms with Crippen molar-refractivity contribution in [1.29, 1.82) is 0 Å². The molecule has 1 atom stereocenters. The minimum absolute atomic E-state index is 0.00671. The lowest BCUT2D eigenvalue weighted by Crippen LogP contribution is -2.34. The molecule has 100 valence electrons. The van der Waals surface area contributed by atoms with Crippen molar-refractivity contribution < 1.29 is 23.8 Å². The summed E-state index contributed by atoms with van der Waals surface area (Å²) in [6.45, 7) is 5.41. The topological polar surface area (TPSA) is 102 Å². The van der Waals surface area contributed by atoms with E-state index in [1.54, 1.807) is 20.8 Å². The van der Waals surface area contributed by atoms with Gasteiger partial charge in [0.2, 0.25) is 0 Å². The van der Waals surface area contributed by atoms with E-state index in [1.165, 1.54) is 0 Å². The van der Waals surface area contributed by atoms with Crippen molar-refractivity contribution >= 4 is 18.0 Å². The van der Waals surface area contributed by atoms with Crippen molar-refractivity contribution in [2.45, 2.75) is 26.8 Å². The lowest BCUT2D eigenvalue weighted by Gasteiger charge is -2.15. The Labute approximate surface area is 104 Å². The third-order valence-corrected chi connectivity index (χ3v) is 2.20. The molecule has 0 saturated carbocycles. The maximum Gasteiger partial charge on any atom is 0.360 e. The van der Waals surface area contributed by atoms with Crippen molar-refractivity contribution in [3.05, 3.63) is 12.0 Å². The number of esters is 1. The Balaban J connectivity index is 2.74. The van der Waals surface area contributed by atoms with Crippen LogP contribution < -0.4 is 5.32 Å². The molecule has 0 spiro atoms. The molecule has 0 saturated heterocycles. The van der Waals surface area contributed by atoms with E-state index < -0.39 is 18.0 Å². The van der Waals surface area contributed by atoms with Crippen LogP contribution in [0.25, 0.3) is 0 Å². The SMILES string of the molecule is CCOC(=O)c1coc(NC(C(=O)O)C(C)C)n1. The number of aliphatic carboxylic acids is 1. The molecule has 0 radical (unpaired) electrons. The Morgan fingerprint density at radius 1 is 1.56 bits per heavy atom. The number of carboxylic acid groups (broad SMARTS) is 1. The number of rotatable bonds is 6. The highest BCUT2D eigenvalue weighted by atomic mass is 16.5. The highest BCUT2D eigenvalue weighted by Gasteiger charge is 2.23. The highest BCUT2D eigenvalue weighted by molar-refractivity contribution is 5.87. The van der Waals surface area contributed by atoms with Gasteiger partial charge in [0.05, 0.1) is 6.61 Å². The standard InChI is InChI=1S/C11H16N2O5/c1-4-17-10(16)7-5-18-11(12-7)13-8(6(2)3)9(14)15/h5-6,8H,4H2,1-3H3,(H,12,13)(H,14,15). The molecule has 1 aromatic heterocycles. The third-order valence-electron chi connectivity index (χ3n) is 2.20. The van der Waals surface area contributed by atoms with Crippen LogP contribution in [0.15, 0.2) is 10.7 Å². The summed E-state index contributed by atoms with van der Waals surface area (Å²) in [5.41, 5.74) is 0.00671. The summed E-state index contributed by atoms with van der Waals surface area (Å²) in [7, 11) is 0. The van der Waals surface area contributed by atoms with E-state index in [0.717, 1.165) is 6.26 Å². The molecule has 0 fully saturated rings. The third kappa shape index (κ3) is 3.47. The zero-order valence-corrected chi connectivity index (χ0v) is 10.5. The highest BCUT2D eigenvalue weighted by Crippen LogP contribution is 2.13. The second-order valence-electron chi connectivity index (χ2n) is 3.96. The van der Waals surface area contributed by atoms with Gasteiger partial charge in [-0.1, -0.05) is 13.8 Å². The van der Waals surface area contributed by atoms with Crippen molar-refractivity contribution in [2.24, 2.45) is 5.92 Å². The Morgan fingerprint density at radius 2 is 2.22 bits per heavy atom. The Kier molecular flexibility index (Phi) is 4.70. The van der Waals surface area contributed by atoms with E-state index in [9.17, 15) is 9.59 Å². The molecule has 18 heavy (non-hydrogen) atoms. The first-order chi connectivity index (χ1) is 8.45. The van der Waals surface area contributed by atoms with Gasteiger partial charge in [-0.05, 0) is 12.8 Å². The molecule has 1 heterocycles. The lowest BCUT2D eigenvalue weighted by atomic mass is 10.1. The Bertz CT molecular complexity index is 427. The van der Waals surface area contributed by atoms with Crippen LogP contribution in [0.2, 0.25) is 0 Å². The van der Waals surface area contributed by atoms with Gasteiger partial charge in [0, 0.05) is 0 Å². The number of ether oxygens (including phenoxy) is 1. The number of carbonyl (C=O) groups is 2. The van der Waals surface area contributed by atoms with Crippen molar-refractivity contribution in [3.8, 4) is 0 Å². The summed E-state index contributed by atoms with van der Waals surface area (Å²) in [5.74, 6) is -1.77. The Hall–Kier alpha value is -2.05. The minimum Gasteiger partial charge on any atom is -0.480 e. The molecule has 1 aromatic rings. The van der Waals surface area contributed by atoms with Gasteiger partial charge in [0.1, 0.15) is 12.3 Å². The fraction of sp³-hybridized carbons (Fsp3) is 0.545. The number of oxazole rings is 1. The molecule has 7 nitrogen and oxygen atoms in total. The first-order valence-corrected chi connectivity index (χ1v) is 5.57. The number of anilines is 1. The molecule has 7 heteroatoms. The summed E-state index contributed by atoms with van der Waals surface area (Å²) in [6, 6.07) is -0.849. The molecular formula is C11H16N2O5. The molecule has 0 aliphatic carbocycles. The van der Waals surface area contributed by atoms with Gasteiger partial charge < -0.3 is 19.6 Å². The molecule has 0 amide bonds. The molecule has 1 unspecified atom stereocenters. The number of hydrogen-bond acceptors (Lipinski definition) is 6. The van der Waals surface area contributed by atoms with E-state index in [4.69, 9.17) is 14.3 Å². The van der Waals surface area contributed by atoms with Crippen molar-refractivity contribution in [1.82, 2.24) is 4.98 Å². The number of nitrogens with one attached hydrogen (secondary N) is 1. The van der Waals surface area contributed by atoms with Gasteiger partial charge in [-0.2, -0.15) is 4.98 Å². The number of carboxylic acids is 1. The number of carbonyl (C=O) groups excluding carboxylic acids is 1. The first-order valence-electron chi connectivity index (χ1n) is 5.57. The van der Waals surface area contributed by atoms with Crippen LogP contribution in [-0.2, 0) is 9.53 Å². The lowest BCUT2D eigenvalue weighted by molar-refractivity contribution is -0.138. The smallest absolute Gasteiger partial charge is 0.360 e. The molecule has 0 aliphatic heterocycles. The first kappa shape index (κ1) is 14.0. The van der Waals surface area contributed by atoms with Gasteiger partial charge in [-0.3, -0.25) is 0 Å². The monoisotopic (exact) mass is 256 g/mol. The predicted molar refractivity (Wildman–Crippen MR) is 62.3 cm³/mol. The summed E-state index contributed by atoms with van der Waals surface area (Å²) < 4.78 is 9.71. The van der Waals surface area contributed by atoms with Crippen LogP contribution in [0.3, 0.4) is 0 Å². The zero-order chi connectivity index (χ0) is 13.7. The Morgan fingerprint density at radius 3 is 2.72 bits per heavy atom. The van der Waals surface area contributed by atoms with Crippen LogP contribution in [-0.4, -0.2) is 34.7 Å². The molecule has 1 rings (SSSR count). The predicted octanol–water partition coefficient (Wildman–Crippen LogP) is 1.37. The maximum atomic E-state index is 11.3. The molecule has 0 bridgehead atoms. The van der Waals surface area contributed by atoms with Crippen molar-refractivity contribution in [3.63, 3.8) is 0 Å². The number of aromatic nitrogens is 1. The zero-order valence-electron chi connectivity index (χ0n) is 10.5. The van der Waals surface area contributed by atoms with Gasteiger partial charge in [0.15, 0.2) is 5.69 Å². The van der Waals surface area contributed by atoms with E-state index >= 15 is 0 Å². The number of nitrogens with zero attached hydrogens (tertiary/aromatic N) is 1. The van der Waals surface area contributed by atoms with E-state index in [1.807, 2.05) is 0 Å². The summed E-state index contributed by atoms with van der Waals surface area (Å²) in [6.07, 6.45) is 1.12. The van der Waals surface area contributed by atoms with Gasteiger partial charge in [-0.15, -0.1) is 0 Å². The fourth-order valence-electron chi connectivity index (χ4n) is 1.29. The minimum atomic E-state index is -1.01. The molecule has 0 aliphatic rings. The van der Waals surface area contributed by atoms with Crippen LogP contribution in [0.4, 0.5) is 6.01 Å². The van der Waals surface area contributed by atoms with E-state index in [2.05, 4.69) is 10.3 Å². The van der Waals surface area contributed by atoms with E-state index in [0.29, 0.717) is 0 Å². The van der Waals surface area contributed by atoms with Gasteiger partial charge in [0.25, 0.3) is 6.01 Å². The van der Waals surface area contributed by atoms with Crippen LogP contribution in [0, 0.1) is 5.92 Å². The summed E-state index contributed by atoms with van der Waals surface area (Å²) in [5, 5.41) is 11.6. The van der Waals surface area contributed by atoms with E-state index in [-0.39, 0.29) is 24.2 Å². The quantitative estimate of drug-likeness (QED) is 0.741.